The van der Waals surface area contributed by atoms with Crippen LogP contribution in [0, 0.1) is 0 Å². The van der Waals surface area contributed by atoms with E-state index in [0.29, 0.717) is 0 Å². The SMILES string of the molecule is O=C(Cn1cc(Br)ccc1=O)Nc1ncn[nH]1. The summed E-state index contributed by atoms with van der Waals surface area (Å²) in [6.07, 6.45) is 2.82. The van der Waals surface area contributed by atoms with Gasteiger partial charge < -0.3 is 4.57 Å². The first kappa shape index (κ1) is 11.5. The summed E-state index contributed by atoms with van der Waals surface area (Å²) >= 11 is 3.23. The molecule has 2 heterocycles. The van der Waals surface area contributed by atoms with E-state index in [0.717, 1.165) is 4.47 Å². The van der Waals surface area contributed by atoms with Gasteiger partial charge in [0.25, 0.3) is 5.56 Å². The lowest BCUT2D eigenvalue weighted by molar-refractivity contribution is -0.116. The number of aromatic amines is 1. The van der Waals surface area contributed by atoms with E-state index in [1.807, 2.05) is 0 Å². The number of halogens is 1. The molecule has 1 amide bonds. The summed E-state index contributed by atoms with van der Waals surface area (Å²) in [5.41, 5.74) is -0.249. The van der Waals surface area contributed by atoms with Gasteiger partial charge in [0.05, 0.1) is 0 Å². The van der Waals surface area contributed by atoms with Crippen LogP contribution in [-0.2, 0) is 11.3 Å². The number of hydrogen-bond donors (Lipinski definition) is 2. The number of nitrogens with one attached hydrogen (secondary N) is 2. The molecular formula is C9H8BrN5O2. The summed E-state index contributed by atoms with van der Waals surface area (Å²) in [6, 6.07) is 3.00. The molecular weight excluding hydrogens is 290 g/mol. The van der Waals surface area contributed by atoms with Crippen molar-refractivity contribution in [1.82, 2.24) is 19.7 Å². The molecule has 17 heavy (non-hydrogen) atoms. The summed E-state index contributed by atoms with van der Waals surface area (Å²) in [4.78, 5) is 26.7. The van der Waals surface area contributed by atoms with Crippen molar-refractivity contribution in [2.75, 3.05) is 5.32 Å². The maximum atomic E-state index is 11.6. The van der Waals surface area contributed by atoms with E-state index in [1.54, 1.807) is 12.3 Å². The van der Waals surface area contributed by atoms with E-state index in [2.05, 4.69) is 36.4 Å². The van der Waals surface area contributed by atoms with Gasteiger partial charge in [-0.05, 0) is 22.0 Å². The van der Waals surface area contributed by atoms with Gasteiger partial charge in [-0.15, -0.1) is 0 Å². The fraction of sp³-hybridized carbons (Fsp3) is 0.111. The first-order chi connectivity index (χ1) is 8.15. The molecule has 8 heteroatoms. The van der Waals surface area contributed by atoms with Gasteiger partial charge in [0, 0.05) is 16.7 Å². The molecule has 88 valence electrons. The maximum Gasteiger partial charge on any atom is 0.251 e. The van der Waals surface area contributed by atoms with Crippen molar-refractivity contribution in [3.8, 4) is 0 Å². The lowest BCUT2D eigenvalue weighted by atomic mass is 10.4. The van der Waals surface area contributed by atoms with Gasteiger partial charge in [0.1, 0.15) is 12.9 Å². The Kier molecular flexibility index (Phi) is 3.33. The van der Waals surface area contributed by atoms with E-state index in [9.17, 15) is 9.59 Å². The van der Waals surface area contributed by atoms with Gasteiger partial charge in [-0.1, -0.05) is 0 Å². The van der Waals surface area contributed by atoms with Gasteiger partial charge in [-0.25, -0.2) is 5.10 Å². The quantitative estimate of drug-likeness (QED) is 0.856. The number of pyridine rings is 1. The van der Waals surface area contributed by atoms with E-state index in [4.69, 9.17) is 0 Å². The predicted molar refractivity (Wildman–Crippen MR) is 63.4 cm³/mol. The van der Waals surface area contributed by atoms with Crippen LogP contribution in [0.1, 0.15) is 0 Å². The van der Waals surface area contributed by atoms with Crippen LogP contribution >= 0.6 is 15.9 Å². The number of H-pyrrole nitrogens is 1. The van der Waals surface area contributed by atoms with Crippen LogP contribution in [0.4, 0.5) is 5.95 Å². The summed E-state index contributed by atoms with van der Waals surface area (Å²) in [5.74, 6) is -0.111. The zero-order chi connectivity index (χ0) is 12.3. The Balaban J connectivity index is 2.08. The van der Waals surface area contributed by atoms with E-state index in [1.165, 1.54) is 17.0 Å². The highest BCUT2D eigenvalue weighted by molar-refractivity contribution is 9.10. The van der Waals surface area contributed by atoms with Crippen molar-refractivity contribution >= 4 is 27.8 Å². The van der Waals surface area contributed by atoms with Crippen molar-refractivity contribution in [3.63, 3.8) is 0 Å². The summed E-state index contributed by atoms with van der Waals surface area (Å²) in [5, 5.41) is 8.55. The zero-order valence-electron chi connectivity index (χ0n) is 8.55. The molecule has 0 aliphatic rings. The zero-order valence-corrected chi connectivity index (χ0v) is 10.1. The molecule has 2 aromatic heterocycles. The maximum absolute atomic E-state index is 11.6. The standard InChI is InChI=1S/C9H8BrN5O2/c10-6-1-2-8(17)15(3-6)4-7(16)13-9-11-5-12-14-9/h1-3,5H,4H2,(H2,11,12,13,14,16). The summed E-state index contributed by atoms with van der Waals surface area (Å²) in [6.45, 7) is -0.0844. The number of aromatic nitrogens is 4. The Morgan fingerprint density at radius 2 is 2.35 bits per heavy atom. The molecule has 7 nitrogen and oxygen atoms in total. The number of nitrogens with zero attached hydrogens (tertiary/aromatic N) is 3. The fourth-order valence-corrected chi connectivity index (χ4v) is 1.60. The average molecular weight is 298 g/mol. The normalized spacial score (nSPS) is 10.2. The minimum absolute atomic E-state index is 0.0844. The average Bonchev–Trinajstić information content (AvgIpc) is 2.76. The number of carbonyl (C=O) groups excluding carboxylic acids is 1. The number of amides is 1. The second-order valence-corrected chi connectivity index (χ2v) is 4.11. The molecule has 2 rings (SSSR count). The number of hydrogen-bond acceptors (Lipinski definition) is 4. The molecule has 0 aromatic carbocycles. The van der Waals surface area contributed by atoms with Crippen LogP contribution in [0.3, 0.4) is 0 Å². The van der Waals surface area contributed by atoms with Crippen LogP contribution in [0.2, 0.25) is 0 Å². The molecule has 2 aromatic rings. The molecule has 2 N–H and O–H groups in total. The lowest BCUT2D eigenvalue weighted by Crippen LogP contribution is -2.27. The Hall–Kier alpha value is -1.96. The highest BCUT2D eigenvalue weighted by Gasteiger charge is 2.06. The highest BCUT2D eigenvalue weighted by Crippen LogP contribution is 2.04. The number of anilines is 1. The van der Waals surface area contributed by atoms with Crippen LogP contribution in [0.15, 0.2) is 33.9 Å². The summed E-state index contributed by atoms with van der Waals surface area (Å²) < 4.78 is 2.01. The molecule has 0 unspecified atom stereocenters. The molecule has 0 radical (unpaired) electrons. The minimum Gasteiger partial charge on any atom is -0.305 e. The van der Waals surface area contributed by atoms with E-state index >= 15 is 0 Å². The van der Waals surface area contributed by atoms with Crippen molar-refractivity contribution < 1.29 is 4.79 Å². The van der Waals surface area contributed by atoms with Crippen molar-refractivity contribution in [3.05, 3.63) is 39.5 Å². The molecule has 0 aliphatic carbocycles. The predicted octanol–water partition coefficient (Wildman–Crippen LogP) is 0.368. The third kappa shape index (κ3) is 3.00. The molecule has 0 aliphatic heterocycles. The highest BCUT2D eigenvalue weighted by atomic mass is 79.9. The van der Waals surface area contributed by atoms with Gasteiger partial charge in [-0.2, -0.15) is 10.1 Å². The second kappa shape index (κ2) is 4.91. The van der Waals surface area contributed by atoms with Crippen molar-refractivity contribution in [1.29, 1.82) is 0 Å². The van der Waals surface area contributed by atoms with Crippen LogP contribution in [-0.4, -0.2) is 25.7 Å². The van der Waals surface area contributed by atoms with E-state index < -0.39 is 0 Å². The topological polar surface area (TPSA) is 92.7 Å². The van der Waals surface area contributed by atoms with Gasteiger partial charge in [0.2, 0.25) is 11.9 Å². The Morgan fingerprint density at radius 1 is 1.53 bits per heavy atom. The number of rotatable bonds is 3. The van der Waals surface area contributed by atoms with Crippen LogP contribution < -0.4 is 10.9 Å². The third-order valence-corrected chi connectivity index (χ3v) is 2.40. The molecule has 0 saturated carbocycles. The van der Waals surface area contributed by atoms with Crippen LogP contribution in [0.25, 0.3) is 0 Å². The largest absolute Gasteiger partial charge is 0.305 e. The third-order valence-electron chi connectivity index (χ3n) is 1.93. The van der Waals surface area contributed by atoms with Crippen molar-refractivity contribution in [2.24, 2.45) is 0 Å². The number of carbonyl (C=O) groups is 1. The van der Waals surface area contributed by atoms with E-state index in [-0.39, 0.29) is 24.0 Å². The second-order valence-electron chi connectivity index (χ2n) is 3.20. The Labute approximate surface area is 104 Å². The Morgan fingerprint density at radius 3 is 3.06 bits per heavy atom. The first-order valence-electron chi connectivity index (χ1n) is 4.66. The van der Waals surface area contributed by atoms with Gasteiger partial charge in [0.15, 0.2) is 0 Å². The van der Waals surface area contributed by atoms with Gasteiger partial charge >= 0.3 is 0 Å². The molecule has 0 saturated heterocycles. The molecule has 0 atom stereocenters. The molecule has 0 bridgehead atoms. The van der Waals surface area contributed by atoms with Gasteiger partial charge in [-0.3, -0.25) is 14.9 Å². The van der Waals surface area contributed by atoms with Crippen LogP contribution in [0.5, 0.6) is 0 Å². The summed E-state index contributed by atoms with van der Waals surface area (Å²) in [7, 11) is 0. The lowest BCUT2D eigenvalue weighted by Gasteiger charge is -2.05. The Bertz CT molecular complexity index is 577. The fourth-order valence-electron chi connectivity index (χ4n) is 1.22. The molecule has 0 fully saturated rings. The minimum atomic E-state index is -0.359. The monoisotopic (exact) mass is 297 g/mol. The molecule has 0 spiro atoms. The van der Waals surface area contributed by atoms with Crippen molar-refractivity contribution in [2.45, 2.75) is 6.54 Å². The smallest absolute Gasteiger partial charge is 0.251 e. The first-order valence-corrected chi connectivity index (χ1v) is 5.45.